The molecule has 5 heteroatoms. The van der Waals surface area contributed by atoms with E-state index >= 15 is 0 Å². The van der Waals surface area contributed by atoms with Gasteiger partial charge in [0.25, 0.3) is 0 Å². The molecule has 12 rings (SSSR count). The van der Waals surface area contributed by atoms with Crippen LogP contribution in [-0.2, 0) is 0 Å². The molecule has 8 aromatic carbocycles. The lowest BCUT2D eigenvalue weighted by Crippen LogP contribution is -2.02. The van der Waals surface area contributed by atoms with E-state index in [1.54, 1.807) is 0 Å². The molecule has 0 amide bonds. The van der Waals surface area contributed by atoms with Crippen molar-refractivity contribution in [3.8, 4) is 39.8 Å². The van der Waals surface area contributed by atoms with E-state index in [1.165, 1.54) is 54.4 Å². The highest BCUT2D eigenvalue weighted by atomic mass is 15.1. The van der Waals surface area contributed by atoms with Gasteiger partial charge in [-0.1, -0.05) is 140 Å². The Morgan fingerprint density at radius 3 is 1.47 bits per heavy atom. The van der Waals surface area contributed by atoms with Crippen LogP contribution in [0.3, 0.4) is 0 Å². The summed E-state index contributed by atoms with van der Waals surface area (Å²) < 4.78 is 7.10. The molecular weight excluding hydrogens is 695 g/mol. The van der Waals surface area contributed by atoms with Crippen LogP contribution in [0.1, 0.15) is 0 Å². The summed E-state index contributed by atoms with van der Waals surface area (Å²) in [6.07, 6.45) is 0. The minimum absolute atomic E-state index is 0.689. The summed E-state index contributed by atoms with van der Waals surface area (Å²) in [5.41, 5.74) is 12.1. The maximum atomic E-state index is 5.22. The molecule has 266 valence electrons. The second kappa shape index (κ2) is 12.4. The summed E-state index contributed by atoms with van der Waals surface area (Å²) >= 11 is 0. The second-order valence-electron chi connectivity index (χ2n) is 14.6. The quantitative estimate of drug-likeness (QED) is 0.177. The summed E-state index contributed by atoms with van der Waals surface area (Å²) in [6.45, 7) is 0. The van der Waals surface area contributed by atoms with E-state index in [4.69, 9.17) is 9.97 Å². The molecule has 0 N–H and O–H groups in total. The van der Waals surface area contributed by atoms with Crippen molar-refractivity contribution in [2.24, 2.45) is 0 Å². The van der Waals surface area contributed by atoms with E-state index < -0.39 is 0 Å². The lowest BCUT2D eigenvalue weighted by molar-refractivity contribution is 1.05. The topological polar surface area (TPSA) is 40.6 Å². The third-order valence-electron chi connectivity index (χ3n) is 11.5. The van der Waals surface area contributed by atoms with Crippen molar-refractivity contribution >= 4 is 65.4 Å². The van der Waals surface area contributed by atoms with Crippen LogP contribution < -0.4 is 0 Å². The van der Waals surface area contributed by atoms with Gasteiger partial charge in [0.1, 0.15) is 5.82 Å². The van der Waals surface area contributed by atoms with E-state index in [0.29, 0.717) is 5.82 Å². The van der Waals surface area contributed by atoms with Crippen LogP contribution in [0.15, 0.2) is 200 Å². The minimum atomic E-state index is 0.689. The third kappa shape index (κ3) is 4.76. The Kier molecular flexibility index (Phi) is 6.86. The maximum absolute atomic E-state index is 5.22. The number of benzene rings is 8. The van der Waals surface area contributed by atoms with Gasteiger partial charge in [0.2, 0.25) is 0 Å². The monoisotopic (exact) mass is 727 g/mol. The Bertz CT molecular complexity index is 3450. The Balaban J connectivity index is 1.08. The molecule has 0 bridgehead atoms. The van der Waals surface area contributed by atoms with Gasteiger partial charge in [0.05, 0.1) is 38.8 Å². The zero-order chi connectivity index (χ0) is 37.5. The van der Waals surface area contributed by atoms with Crippen LogP contribution in [0.5, 0.6) is 0 Å². The smallest absolute Gasteiger partial charge is 0.162 e. The first-order valence-corrected chi connectivity index (χ1v) is 19.3. The van der Waals surface area contributed by atoms with Crippen molar-refractivity contribution in [2.45, 2.75) is 0 Å². The molecular formula is C52H33N5. The predicted octanol–water partition coefficient (Wildman–Crippen LogP) is 13.1. The van der Waals surface area contributed by atoms with Crippen LogP contribution >= 0.6 is 0 Å². The number of fused-ring (bicyclic) bond motifs is 10. The Morgan fingerprint density at radius 1 is 0.316 bits per heavy atom. The van der Waals surface area contributed by atoms with E-state index in [1.807, 2.05) is 18.2 Å². The van der Waals surface area contributed by atoms with Gasteiger partial charge in [-0.05, 0) is 54.6 Å². The number of nitrogens with zero attached hydrogens (tertiary/aromatic N) is 5. The molecule has 0 saturated heterocycles. The van der Waals surface area contributed by atoms with E-state index in [-0.39, 0.29) is 0 Å². The SMILES string of the molecule is c1ccc(-c2nc(-c3ccc(-n4c5ccccc5c5ccc6c(c7ccccc7n6-c6ccccc6)c54)cc3)cc(-n3c4ccccc4c4ccccc43)n2)cc1. The highest BCUT2D eigenvalue weighted by Crippen LogP contribution is 2.42. The standard InChI is InChI=1S/C52H33N5/c1-3-15-35(16-4-1)52-53-43(33-49(54-52)57-45-24-12-7-19-38(45)39-20-8-13-25-46(39)57)34-27-29-37(30-28-34)56-44-23-11-9-21-40(44)41-31-32-48-50(51(41)56)42-22-10-14-26-47(42)55(48)36-17-5-2-6-18-36/h1-33H. The van der Waals surface area contributed by atoms with Crippen LogP contribution in [-0.4, -0.2) is 23.7 Å². The highest BCUT2D eigenvalue weighted by molar-refractivity contribution is 6.26. The van der Waals surface area contributed by atoms with Gasteiger partial charge in [-0.2, -0.15) is 0 Å². The van der Waals surface area contributed by atoms with Crippen LogP contribution in [0, 0.1) is 0 Å². The van der Waals surface area contributed by atoms with Crippen molar-refractivity contribution in [3.05, 3.63) is 200 Å². The Morgan fingerprint density at radius 2 is 0.825 bits per heavy atom. The van der Waals surface area contributed by atoms with Crippen molar-refractivity contribution < 1.29 is 0 Å². The zero-order valence-electron chi connectivity index (χ0n) is 30.8. The molecule has 0 aliphatic heterocycles. The maximum Gasteiger partial charge on any atom is 0.162 e. The number of hydrogen-bond acceptors (Lipinski definition) is 2. The molecule has 0 saturated carbocycles. The summed E-state index contributed by atoms with van der Waals surface area (Å²) in [7, 11) is 0. The number of rotatable bonds is 5. The predicted molar refractivity (Wildman–Crippen MR) is 236 cm³/mol. The summed E-state index contributed by atoms with van der Waals surface area (Å²) in [6, 6.07) is 71.2. The first kappa shape index (κ1) is 31.6. The summed E-state index contributed by atoms with van der Waals surface area (Å²) in [5, 5.41) is 7.34. The van der Waals surface area contributed by atoms with E-state index in [0.717, 1.165) is 45.0 Å². The van der Waals surface area contributed by atoms with Gasteiger partial charge >= 0.3 is 0 Å². The van der Waals surface area contributed by atoms with Crippen LogP contribution in [0.4, 0.5) is 0 Å². The summed E-state index contributed by atoms with van der Waals surface area (Å²) in [5.74, 6) is 1.52. The van der Waals surface area contributed by atoms with E-state index in [9.17, 15) is 0 Å². The third-order valence-corrected chi connectivity index (χ3v) is 11.5. The number of para-hydroxylation sites is 5. The molecule has 0 aliphatic carbocycles. The molecule has 0 fully saturated rings. The van der Waals surface area contributed by atoms with Gasteiger partial charge in [-0.3, -0.25) is 4.57 Å². The average molecular weight is 728 g/mol. The lowest BCUT2D eigenvalue weighted by Gasteiger charge is -2.13. The van der Waals surface area contributed by atoms with Crippen molar-refractivity contribution in [2.75, 3.05) is 0 Å². The molecule has 0 radical (unpaired) electrons. The van der Waals surface area contributed by atoms with Crippen LogP contribution in [0.2, 0.25) is 0 Å². The van der Waals surface area contributed by atoms with Gasteiger partial charge in [0.15, 0.2) is 5.82 Å². The minimum Gasteiger partial charge on any atom is -0.309 e. The molecule has 0 atom stereocenters. The van der Waals surface area contributed by atoms with Gasteiger partial charge in [0, 0.05) is 60.9 Å². The fraction of sp³-hybridized carbons (Fsp3) is 0. The second-order valence-corrected chi connectivity index (χ2v) is 14.6. The molecule has 4 aromatic heterocycles. The van der Waals surface area contributed by atoms with Gasteiger partial charge < -0.3 is 9.13 Å². The average Bonchev–Trinajstić information content (AvgIpc) is 3.93. The Hall–Kier alpha value is -7.76. The van der Waals surface area contributed by atoms with Crippen LogP contribution in [0.25, 0.3) is 105 Å². The molecule has 0 spiro atoms. The van der Waals surface area contributed by atoms with Gasteiger partial charge in [-0.25, -0.2) is 9.97 Å². The number of hydrogen-bond donors (Lipinski definition) is 0. The molecule has 12 aromatic rings. The fourth-order valence-electron chi connectivity index (χ4n) is 9.00. The first-order valence-electron chi connectivity index (χ1n) is 19.3. The molecule has 0 unspecified atom stereocenters. The zero-order valence-corrected chi connectivity index (χ0v) is 30.8. The fourth-order valence-corrected chi connectivity index (χ4v) is 9.00. The van der Waals surface area contributed by atoms with Crippen molar-refractivity contribution in [3.63, 3.8) is 0 Å². The molecule has 4 heterocycles. The largest absolute Gasteiger partial charge is 0.309 e. The first-order chi connectivity index (χ1) is 28.3. The van der Waals surface area contributed by atoms with E-state index in [2.05, 4.69) is 196 Å². The van der Waals surface area contributed by atoms with Gasteiger partial charge in [-0.15, -0.1) is 0 Å². The van der Waals surface area contributed by atoms with Crippen molar-refractivity contribution in [1.29, 1.82) is 0 Å². The lowest BCUT2D eigenvalue weighted by atomic mass is 10.1. The molecule has 0 aliphatic rings. The highest BCUT2D eigenvalue weighted by Gasteiger charge is 2.21. The number of aromatic nitrogens is 5. The van der Waals surface area contributed by atoms with Crippen molar-refractivity contribution in [1.82, 2.24) is 23.7 Å². The normalized spacial score (nSPS) is 11.9. The molecule has 57 heavy (non-hydrogen) atoms. The Labute approximate surface area is 328 Å². The summed E-state index contributed by atoms with van der Waals surface area (Å²) in [4.78, 5) is 10.4. The molecule has 5 nitrogen and oxygen atoms in total.